The predicted octanol–water partition coefficient (Wildman–Crippen LogP) is 6.16. The average Bonchev–Trinajstić information content (AvgIpc) is 3.02. The van der Waals surface area contributed by atoms with Crippen LogP contribution >= 0.6 is 11.6 Å². The third kappa shape index (κ3) is 7.79. The molecule has 0 radical (unpaired) electrons. The summed E-state index contributed by atoms with van der Waals surface area (Å²) in [5, 5.41) is -0.0654. The van der Waals surface area contributed by atoms with Crippen LogP contribution in [0.4, 0.5) is 5.69 Å². The highest BCUT2D eigenvalue weighted by Crippen LogP contribution is 2.42. The molecule has 0 spiro atoms. The number of carbonyl (C=O) groups excluding carboxylic acids is 1. The van der Waals surface area contributed by atoms with Gasteiger partial charge in [0, 0.05) is 44.5 Å². The van der Waals surface area contributed by atoms with Crippen molar-refractivity contribution in [3.63, 3.8) is 0 Å². The molecule has 1 aliphatic carbocycles. The first-order chi connectivity index (χ1) is 21.2. The van der Waals surface area contributed by atoms with Crippen molar-refractivity contribution in [1.29, 1.82) is 0 Å². The fraction of sp³-hybridized carbons (Fsp3) is 0.559. The highest BCUT2D eigenvalue weighted by molar-refractivity contribution is 7.90. The first-order valence-corrected chi connectivity index (χ1v) is 17.7. The van der Waals surface area contributed by atoms with Gasteiger partial charge in [-0.3, -0.25) is 4.79 Å². The molecule has 2 aliphatic heterocycles. The molecular weight excluding hydrogens is 600 g/mol. The third-order valence-electron chi connectivity index (χ3n) is 9.53. The van der Waals surface area contributed by atoms with Gasteiger partial charge in [0.25, 0.3) is 5.91 Å². The van der Waals surface area contributed by atoms with E-state index in [9.17, 15) is 13.2 Å². The van der Waals surface area contributed by atoms with Crippen molar-refractivity contribution >= 4 is 33.2 Å². The van der Waals surface area contributed by atoms with Crippen molar-refractivity contribution in [2.45, 2.75) is 69.8 Å². The van der Waals surface area contributed by atoms with Gasteiger partial charge in [-0.15, -0.1) is 0 Å². The number of hydrogen-bond donors (Lipinski definition) is 1. The minimum Gasteiger partial charge on any atom is -0.487 e. The van der Waals surface area contributed by atoms with Crippen LogP contribution in [-0.4, -0.2) is 59.6 Å². The largest absolute Gasteiger partial charge is 0.487 e. The predicted molar refractivity (Wildman–Crippen MR) is 174 cm³/mol. The van der Waals surface area contributed by atoms with Crippen LogP contribution in [0.5, 0.6) is 5.75 Å². The van der Waals surface area contributed by atoms with Crippen LogP contribution in [0.15, 0.2) is 48.6 Å². The lowest BCUT2D eigenvalue weighted by Gasteiger charge is -2.43. The molecule has 5 atom stereocenters. The van der Waals surface area contributed by atoms with E-state index < -0.39 is 21.2 Å². The second-order valence-electron chi connectivity index (χ2n) is 12.4. The highest BCUT2D eigenvalue weighted by Gasteiger charge is 2.38. The zero-order chi connectivity index (χ0) is 31.3. The third-order valence-corrected chi connectivity index (χ3v) is 11.5. The molecule has 8 nitrogen and oxygen atoms in total. The summed E-state index contributed by atoms with van der Waals surface area (Å²) in [6, 6.07) is 11.2. The number of fused-ring (bicyclic) bond motifs is 3. The van der Waals surface area contributed by atoms with Gasteiger partial charge in [-0.25, -0.2) is 13.1 Å². The quantitative estimate of drug-likeness (QED) is 0.398. The standard InChI is InChI=1S/C34H45ClN2O6S/c1-23-18-24(15-17-41-2)7-13-32(42-3)30-12-9-27(30)21-37-16-5-4-6-25-19-29(35)11-8-28(25)22-43-33-14-10-26(20-31(33)37)34(38)36-44(23,39)40/h7-8,10-11,13-14,19-20,23-24,27,30,32H,4-6,9,12,15-18,21-22H2,1-3H3,(H,36,38)/b13-7+/t23-,24-,27+,30-,32+/m1/s1. The molecule has 3 aliphatic rings. The monoisotopic (exact) mass is 644 g/mol. The minimum absolute atomic E-state index is 0.0336. The molecule has 0 aromatic heterocycles. The Balaban J connectivity index is 1.53. The van der Waals surface area contributed by atoms with Crippen molar-refractivity contribution in [3.8, 4) is 5.75 Å². The van der Waals surface area contributed by atoms with Crippen molar-refractivity contribution in [1.82, 2.24) is 4.72 Å². The van der Waals surface area contributed by atoms with E-state index in [0.717, 1.165) is 56.4 Å². The number of aryl methyl sites for hydroxylation is 1. The number of hydrogen-bond acceptors (Lipinski definition) is 7. The lowest BCUT2D eigenvalue weighted by Crippen LogP contribution is -2.44. The zero-order valence-corrected chi connectivity index (χ0v) is 27.5. The number of rotatable bonds is 4. The number of nitrogens with one attached hydrogen (secondary N) is 1. The van der Waals surface area contributed by atoms with Crippen LogP contribution in [-0.2, 0) is 32.5 Å². The number of sulfonamides is 1. The van der Waals surface area contributed by atoms with Crippen LogP contribution < -0.4 is 14.4 Å². The molecule has 1 amide bonds. The highest BCUT2D eigenvalue weighted by atomic mass is 35.5. The summed E-state index contributed by atoms with van der Waals surface area (Å²) in [5.74, 6) is 0.746. The van der Waals surface area contributed by atoms with Gasteiger partial charge in [0.2, 0.25) is 10.0 Å². The summed E-state index contributed by atoms with van der Waals surface area (Å²) in [4.78, 5) is 15.8. The average molecular weight is 645 g/mol. The maximum atomic E-state index is 13.4. The van der Waals surface area contributed by atoms with Crippen molar-refractivity contribution in [2.24, 2.45) is 17.8 Å². The molecule has 1 saturated carbocycles. The Kier molecular flexibility index (Phi) is 10.9. The second kappa shape index (κ2) is 14.7. The smallest absolute Gasteiger partial charge is 0.264 e. The second-order valence-corrected chi connectivity index (χ2v) is 15.0. The molecule has 2 aromatic rings. The van der Waals surface area contributed by atoms with E-state index in [1.54, 1.807) is 39.3 Å². The van der Waals surface area contributed by atoms with E-state index in [1.165, 1.54) is 5.56 Å². The summed E-state index contributed by atoms with van der Waals surface area (Å²) in [6.45, 7) is 4.11. The molecule has 5 rings (SSSR count). The maximum Gasteiger partial charge on any atom is 0.264 e. The van der Waals surface area contributed by atoms with Gasteiger partial charge in [0.05, 0.1) is 17.0 Å². The minimum atomic E-state index is -3.93. The number of ether oxygens (including phenoxy) is 3. The van der Waals surface area contributed by atoms with Crippen LogP contribution in [0.3, 0.4) is 0 Å². The Labute approximate surface area is 267 Å². The molecule has 0 unspecified atom stereocenters. The Morgan fingerprint density at radius 3 is 2.66 bits per heavy atom. The van der Waals surface area contributed by atoms with E-state index in [4.69, 9.17) is 25.8 Å². The molecule has 10 heteroatoms. The summed E-state index contributed by atoms with van der Waals surface area (Å²) in [5.41, 5.74) is 3.37. The lowest BCUT2D eigenvalue weighted by atomic mass is 9.70. The summed E-state index contributed by atoms with van der Waals surface area (Å²) in [6.07, 6.45) is 10.2. The summed E-state index contributed by atoms with van der Waals surface area (Å²) in [7, 11) is -0.537. The van der Waals surface area contributed by atoms with E-state index in [1.807, 2.05) is 18.2 Å². The molecule has 1 N–H and O–H groups in total. The Hall–Kier alpha value is -2.59. The van der Waals surface area contributed by atoms with Crippen LogP contribution in [0.2, 0.25) is 5.02 Å². The van der Waals surface area contributed by atoms with Crippen molar-refractivity contribution in [2.75, 3.05) is 38.8 Å². The van der Waals surface area contributed by atoms with Gasteiger partial charge in [0.1, 0.15) is 12.4 Å². The number of benzene rings is 2. The van der Waals surface area contributed by atoms with Crippen LogP contribution in [0.1, 0.15) is 66.9 Å². The van der Waals surface area contributed by atoms with Gasteiger partial charge in [-0.1, -0.05) is 29.8 Å². The zero-order valence-electron chi connectivity index (χ0n) is 26.0. The number of carbonyl (C=O) groups is 1. The van der Waals surface area contributed by atoms with Gasteiger partial charge >= 0.3 is 0 Å². The first kappa shape index (κ1) is 32.8. The van der Waals surface area contributed by atoms with Crippen LogP contribution in [0, 0.1) is 17.8 Å². The molecule has 2 aromatic carbocycles. The van der Waals surface area contributed by atoms with E-state index in [0.29, 0.717) is 48.7 Å². The van der Waals surface area contributed by atoms with Gasteiger partial charge in [-0.2, -0.15) is 0 Å². The van der Waals surface area contributed by atoms with Crippen LogP contribution in [0.25, 0.3) is 0 Å². The molecule has 0 saturated heterocycles. The van der Waals surface area contributed by atoms with E-state index >= 15 is 0 Å². The number of halogens is 1. The SMILES string of the molecule is COCC[C@H]1/C=C/[C@H](OC)[C@@H]2CC[C@H]2CN2CCCCc3cc(Cl)ccc3COc3ccc(cc32)C(=O)NS(=O)(=O)[C@H](C)C1. The van der Waals surface area contributed by atoms with Crippen molar-refractivity contribution in [3.05, 3.63) is 70.3 Å². The van der Waals surface area contributed by atoms with Gasteiger partial charge in [-0.05, 0) is 111 Å². The van der Waals surface area contributed by atoms with E-state index in [-0.39, 0.29) is 17.6 Å². The first-order valence-electron chi connectivity index (χ1n) is 15.7. The number of allylic oxidation sites excluding steroid dienone is 1. The summed E-state index contributed by atoms with van der Waals surface area (Å²) >= 11 is 6.33. The number of amides is 1. The van der Waals surface area contributed by atoms with Crippen molar-refractivity contribution < 1.29 is 27.4 Å². The maximum absolute atomic E-state index is 13.4. The molecule has 44 heavy (non-hydrogen) atoms. The number of anilines is 1. The fourth-order valence-electron chi connectivity index (χ4n) is 6.68. The number of nitrogens with zero attached hydrogens (tertiary/aromatic N) is 1. The van der Waals surface area contributed by atoms with E-state index in [2.05, 4.69) is 21.8 Å². The Morgan fingerprint density at radius 1 is 1.07 bits per heavy atom. The molecule has 240 valence electrons. The fourth-order valence-corrected chi connectivity index (χ4v) is 7.96. The normalized spacial score (nSPS) is 28.2. The Bertz CT molecular complexity index is 1450. The Morgan fingerprint density at radius 2 is 1.91 bits per heavy atom. The summed E-state index contributed by atoms with van der Waals surface area (Å²) < 4.78 is 46.8. The number of methoxy groups -OCH3 is 2. The molecule has 2 heterocycles. The van der Waals surface area contributed by atoms with Gasteiger partial charge in [0.15, 0.2) is 0 Å². The molecular formula is C34H45ClN2O6S. The molecule has 2 bridgehead atoms. The van der Waals surface area contributed by atoms with Gasteiger partial charge < -0.3 is 19.1 Å². The lowest BCUT2D eigenvalue weighted by molar-refractivity contribution is 0.0132. The topological polar surface area (TPSA) is 94.2 Å². The molecule has 1 fully saturated rings.